The zero-order chi connectivity index (χ0) is 24.6. The van der Waals surface area contributed by atoms with E-state index in [1.807, 2.05) is 6.92 Å². The van der Waals surface area contributed by atoms with Gasteiger partial charge in [0, 0.05) is 30.4 Å². The lowest BCUT2D eigenvalue weighted by molar-refractivity contribution is -0.137. The van der Waals surface area contributed by atoms with Gasteiger partial charge in [0.15, 0.2) is 5.01 Å². The van der Waals surface area contributed by atoms with Gasteiger partial charge < -0.3 is 20.3 Å². The van der Waals surface area contributed by atoms with Crippen LogP contribution in [-0.2, 0) is 10.9 Å². The van der Waals surface area contributed by atoms with Crippen molar-refractivity contribution in [3.63, 3.8) is 0 Å². The standard InChI is InChI=1S/C22H26F3N5O3S/c1-11(2)27-16-7-15(22(23,24)25)14(8-26-16)18-17(21(32)30-6-4-5-12(30)3)29-20(34-18)19(31)28-13-9-33-10-13/h7-8,11-13H,4-6,9-10H2,1-3H3,(H,26,27)(H,28,31)/t12-/m0/s1. The molecule has 2 amide bonds. The van der Waals surface area contributed by atoms with Gasteiger partial charge in [0.05, 0.1) is 29.7 Å². The van der Waals surface area contributed by atoms with Crippen LogP contribution >= 0.6 is 11.3 Å². The van der Waals surface area contributed by atoms with E-state index < -0.39 is 23.6 Å². The number of pyridine rings is 1. The molecule has 0 aromatic carbocycles. The number of hydrogen-bond acceptors (Lipinski definition) is 7. The lowest BCUT2D eigenvalue weighted by Gasteiger charge is -2.26. The summed E-state index contributed by atoms with van der Waals surface area (Å²) in [5, 5.41) is 5.52. The summed E-state index contributed by atoms with van der Waals surface area (Å²) in [7, 11) is 0. The zero-order valence-corrected chi connectivity index (χ0v) is 19.8. The molecule has 0 radical (unpaired) electrons. The molecule has 2 N–H and O–H groups in total. The van der Waals surface area contributed by atoms with Crippen LogP contribution in [0.4, 0.5) is 19.0 Å². The molecule has 12 heteroatoms. The number of aromatic nitrogens is 2. The molecule has 2 aliphatic rings. The lowest BCUT2D eigenvalue weighted by atomic mass is 10.1. The zero-order valence-electron chi connectivity index (χ0n) is 19.0. The van der Waals surface area contributed by atoms with Crippen molar-refractivity contribution in [3.8, 4) is 10.4 Å². The molecule has 2 aromatic rings. The molecule has 8 nitrogen and oxygen atoms in total. The molecule has 0 spiro atoms. The molecule has 2 aliphatic heterocycles. The van der Waals surface area contributed by atoms with Crippen LogP contribution in [0.1, 0.15) is 59.5 Å². The van der Waals surface area contributed by atoms with Crippen LogP contribution in [0.3, 0.4) is 0 Å². The number of hydrogen-bond donors (Lipinski definition) is 2. The Morgan fingerprint density at radius 3 is 2.59 bits per heavy atom. The van der Waals surface area contributed by atoms with Crippen molar-refractivity contribution >= 4 is 29.0 Å². The summed E-state index contributed by atoms with van der Waals surface area (Å²) in [5.74, 6) is -0.966. The summed E-state index contributed by atoms with van der Waals surface area (Å²) < 4.78 is 47.3. The van der Waals surface area contributed by atoms with Crippen molar-refractivity contribution in [2.24, 2.45) is 0 Å². The Balaban J connectivity index is 1.80. The minimum absolute atomic E-state index is 0.0185. The second-order valence-corrected chi connectivity index (χ2v) is 9.81. The van der Waals surface area contributed by atoms with Crippen LogP contribution in [0.5, 0.6) is 0 Å². The highest BCUT2D eigenvalue weighted by Crippen LogP contribution is 2.42. The van der Waals surface area contributed by atoms with E-state index in [-0.39, 0.29) is 45.1 Å². The summed E-state index contributed by atoms with van der Waals surface area (Å²) >= 11 is 0.764. The molecular formula is C22H26F3N5O3S. The quantitative estimate of drug-likeness (QED) is 0.630. The fraction of sp³-hybridized carbons (Fsp3) is 0.545. The Hall–Kier alpha value is -2.73. The minimum Gasteiger partial charge on any atom is -0.377 e. The minimum atomic E-state index is -4.71. The molecule has 0 saturated carbocycles. The SMILES string of the molecule is CC(C)Nc1cc(C(F)(F)F)c(-c2sc(C(=O)NC3COC3)nc2C(=O)N2CCC[C@@H]2C)cn1. The third-order valence-electron chi connectivity index (χ3n) is 5.70. The van der Waals surface area contributed by atoms with Gasteiger partial charge in [-0.3, -0.25) is 9.59 Å². The van der Waals surface area contributed by atoms with Gasteiger partial charge in [0.25, 0.3) is 11.8 Å². The summed E-state index contributed by atoms with van der Waals surface area (Å²) in [5.41, 5.74) is -1.39. The van der Waals surface area contributed by atoms with E-state index in [4.69, 9.17) is 4.74 Å². The lowest BCUT2D eigenvalue weighted by Crippen LogP contribution is -2.48. The van der Waals surface area contributed by atoms with Gasteiger partial charge in [-0.05, 0) is 39.7 Å². The first-order chi connectivity index (χ1) is 16.0. The highest BCUT2D eigenvalue weighted by Gasteiger charge is 2.38. The number of nitrogens with one attached hydrogen (secondary N) is 2. The second kappa shape index (κ2) is 9.49. The number of likely N-dealkylation sites (tertiary alicyclic amines) is 1. The third kappa shape index (κ3) is 5.02. The van der Waals surface area contributed by atoms with Gasteiger partial charge in [-0.1, -0.05) is 0 Å². The Bertz CT molecular complexity index is 1080. The molecule has 34 heavy (non-hydrogen) atoms. The summed E-state index contributed by atoms with van der Waals surface area (Å²) in [6, 6.07) is 0.547. The molecule has 2 saturated heterocycles. The Labute approximate surface area is 198 Å². The van der Waals surface area contributed by atoms with E-state index in [0.717, 1.165) is 36.4 Å². The fourth-order valence-corrected chi connectivity index (χ4v) is 4.91. The number of halogens is 3. The number of amides is 2. The van der Waals surface area contributed by atoms with Crippen LogP contribution in [0, 0.1) is 0 Å². The number of anilines is 1. The predicted molar refractivity (Wildman–Crippen MR) is 121 cm³/mol. The first kappa shape index (κ1) is 24.4. The average Bonchev–Trinajstić information content (AvgIpc) is 3.35. The fourth-order valence-electron chi connectivity index (χ4n) is 3.93. The monoisotopic (exact) mass is 497 g/mol. The predicted octanol–water partition coefficient (Wildman–Crippen LogP) is 3.80. The van der Waals surface area contributed by atoms with Crippen LogP contribution in [-0.4, -0.2) is 64.6 Å². The van der Waals surface area contributed by atoms with Gasteiger partial charge in [0.1, 0.15) is 11.5 Å². The number of carbonyl (C=O) groups excluding carboxylic acids is 2. The van der Waals surface area contributed by atoms with Crippen LogP contribution in [0.2, 0.25) is 0 Å². The first-order valence-corrected chi connectivity index (χ1v) is 11.9. The van der Waals surface area contributed by atoms with Crippen LogP contribution < -0.4 is 10.6 Å². The summed E-state index contributed by atoms with van der Waals surface area (Å²) in [6.45, 7) is 6.66. The molecule has 0 unspecified atom stereocenters. The first-order valence-electron chi connectivity index (χ1n) is 11.1. The van der Waals surface area contributed by atoms with Gasteiger partial charge in [-0.2, -0.15) is 13.2 Å². The van der Waals surface area contributed by atoms with Gasteiger partial charge in [-0.25, -0.2) is 9.97 Å². The number of ether oxygens (including phenoxy) is 1. The maximum absolute atomic E-state index is 14.1. The number of carbonyl (C=O) groups is 2. The van der Waals surface area contributed by atoms with Crippen molar-refractivity contribution in [2.45, 2.75) is 57.9 Å². The number of alkyl halides is 3. The number of thiazole rings is 1. The van der Waals surface area contributed by atoms with Gasteiger partial charge in [-0.15, -0.1) is 11.3 Å². The summed E-state index contributed by atoms with van der Waals surface area (Å²) in [4.78, 5) is 36.0. The van der Waals surface area contributed by atoms with Gasteiger partial charge in [0.2, 0.25) is 0 Å². The van der Waals surface area contributed by atoms with Crippen LogP contribution in [0.25, 0.3) is 10.4 Å². The van der Waals surface area contributed by atoms with Gasteiger partial charge >= 0.3 is 6.18 Å². The molecule has 2 aromatic heterocycles. The highest BCUT2D eigenvalue weighted by molar-refractivity contribution is 7.17. The maximum Gasteiger partial charge on any atom is 0.417 e. The van der Waals surface area contributed by atoms with E-state index in [0.29, 0.717) is 19.8 Å². The van der Waals surface area contributed by atoms with Crippen LogP contribution in [0.15, 0.2) is 12.3 Å². The van der Waals surface area contributed by atoms with Crippen molar-refractivity contribution in [2.75, 3.05) is 25.1 Å². The van der Waals surface area contributed by atoms with E-state index in [9.17, 15) is 22.8 Å². The van der Waals surface area contributed by atoms with Crippen molar-refractivity contribution in [3.05, 3.63) is 28.5 Å². The smallest absolute Gasteiger partial charge is 0.377 e. The summed E-state index contributed by atoms with van der Waals surface area (Å²) in [6.07, 6.45) is -2.02. The number of nitrogens with zero attached hydrogens (tertiary/aromatic N) is 3. The molecular weight excluding hydrogens is 471 g/mol. The third-order valence-corrected chi connectivity index (χ3v) is 6.79. The normalized spacial score (nSPS) is 18.8. The van der Waals surface area contributed by atoms with Crippen molar-refractivity contribution in [1.82, 2.24) is 20.2 Å². The molecule has 1 atom stereocenters. The maximum atomic E-state index is 14.1. The Morgan fingerprint density at radius 1 is 1.29 bits per heavy atom. The Kier molecular flexibility index (Phi) is 6.81. The number of rotatable bonds is 6. The Morgan fingerprint density at radius 2 is 2.03 bits per heavy atom. The molecule has 4 rings (SSSR count). The highest BCUT2D eigenvalue weighted by atomic mass is 32.1. The largest absolute Gasteiger partial charge is 0.417 e. The van der Waals surface area contributed by atoms with E-state index in [1.165, 1.54) is 0 Å². The van der Waals surface area contributed by atoms with E-state index >= 15 is 0 Å². The molecule has 2 fully saturated rings. The second-order valence-electron chi connectivity index (χ2n) is 8.81. The van der Waals surface area contributed by atoms with Crippen molar-refractivity contribution < 1.29 is 27.5 Å². The topological polar surface area (TPSA) is 96.4 Å². The molecule has 0 bridgehead atoms. The molecule has 4 heterocycles. The molecule has 184 valence electrons. The van der Waals surface area contributed by atoms with E-state index in [2.05, 4.69) is 20.6 Å². The average molecular weight is 498 g/mol. The van der Waals surface area contributed by atoms with E-state index in [1.54, 1.807) is 18.7 Å². The molecule has 0 aliphatic carbocycles. The van der Waals surface area contributed by atoms with Crippen molar-refractivity contribution in [1.29, 1.82) is 0 Å².